The largest absolute Gasteiger partial charge is 0.294 e. The number of ketones is 1. The molecule has 0 spiro atoms. The molecule has 0 radical (unpaired) electrons. The lowest BCUT2D eigenvalue weighted by Crippen LogP contribution is -2.43. The summed E-state index contributed by atoms with van der Waals surface area (Å²) < 4.78 is 0. The summed E-state index contributed by atoms with van der Waals surface area (Å²) in [5.41, 5.74) is 2.23. The van der Waals surface area contributed by atoms with Crippen LogP contribution in [0, 0.1) is 5.41 Å². The Hall–Kier alpha value is -1.11. The first-order valence-electron chi connectivity index (χ1n) is 5.49. The Morgan fingerprint density at radius 1 is 1.07 bits per heavy atom. The van der Waals surface area contributed by atoms with Crippen LogP contribution in [0.3, 0.4) is 0 Å². The highest BCUT2D eigenvalue weighted by molar-refractivity contribution is 5.99. The fraction of sp³-hybridized carbons (Fsp3) is 0.500. The Balaban J connectivity index is 2.68. The molecular formula is C14H18O. The highest BCUT2D eigenvalue weighted by atomic mass is 16.1. The zero-order chi connectivity index (χ0) is 11.3. The predicted molar refractivity (Wildman–Crippen MR) is 62.2 cm³/mol. The molecule has 0 unspecified atom stereocenters. The lowest BCUT2D eigenvalue weighted by Gasteiger charge is -2.46. The van der Waals surface area contributed by atoms with E-state index in [1.807, 2.05) is 18.2 Å². The van der Waals surface area contributed by atoms with Crippen LogP contribution >= 0.6 is 0 Å². The van der Waals surface area contributed by atoms with Gasteiger partial charge in [0, 0.05) is 12.0 Å². The van der Waals surface area contributed by atoms with Crippen molar-refractivity contribution in [1.29, 1.82) is 0 Å². The van der Waals surface area contributed by atoms with Gasteiger partial charge in [-0.2, -0.15) is 0 Å². The Kier molecular flexibility index (Phi) is 2.04. The zero-order valence-corrected chi connectivity index (χ0v) is 9.92. The average Bonchev–Trinajstić information content (AvgIpc) is 2.15. The number of benzene rings is 1. The van der Waals surface area contributed by atoms with Crippen LogP contribution in [0.15, 0.2) is 24.3 Å². The van der Waals surface area contributed by atoms with Crippen LogP contribution in [0.1, 0.15) is 50.0 Å². The number of carbonyl (C=O) groups is 1. The van der Waals surface area contributed by atoms with Crippen molar-refractivity contribution < 1.29 is 4.79 Å². The van der Waals surface area contributed by atoms with Gasteiger partial charge < -0.3 is 0 Å². The van der Waals surface area contributed by atoms with Crippen molar-refractivity contribution in [2.75, 3.05) is 0 Å². The zero-order valence-electron chi connectivity index (χ0n) is 9.92. The van der Waals surface area contributed by atoms with Crippen LogP contribution in [0.4, 0.5) is 0 Å². The molecule has 0 amide bonds. The summed E-state index contributed by atoms with van der Waals surface area (Å²) in [6.07, 6.45) is 0.650. The summed E-state index contributed by atoms with van der Waals surface area (Å²) in [5, 5.41) is 0. The summed E-state index contributed by atoms with van der Waals surface area (Å²) in [4.78, 5) is 12.0. The first-order chi connectivity index (χ1) is 6.86. The summed E-state index contributed by atoms with van der Waals surface area (Å²) in [5.74, 6) is 0.287. The molecule has 0 saturated carbocycles. The number of Topliss-reactive ketones (excluding diaryl/α,β-unsaturated/α-hetero) is 1. The molecule has 80 valence electrons. The molecule has 1 aromatic carbocycles. The molecule has 0 atom stereocenters. The molecule has 1 heteroatoms. The first kappa shape index (κ1) is 10.4. The lowest BCUT2D eigenvalue weighted by atomic mass is 9.57. The Morgan fingerprint density at radius 3 is 2.33 bits per heavy atom. The van der Waals surface area contributed by atoms with E-state index in [9.17, 15) is 4.79 Å². The van der Waals surface area contributed by atoms with Crippen LogP contribution in [-0.4, -0.2) is 5.78 Å². The highest BCUT2D eigenvalue weighted by Crippen LogP contribution is 2.49. The van der Waals surface area contributed by atoms with E-state index in [1.165, 1.54) is 5.56 Å². The monoisotopic (exact) mass is 202 g/mol. The third-order valence-corrected chi connectivity index (χ3v) is 4.20. The SMILES string of the molecule is CC1(C)CC(=O)c2ccccc2C1(C)C. The van der Waals surface area contributed by atoms with Gasteiger partial charge in [-0.25, -0.2) is 0 Å². The van der Waals surface area contributed by atoms with Crippen molar-refractivity contribution in [3.05, 3.63) is 35.4 Å². The van der Waals surface area contributed by atoms with Crippen molar-refractivity contribution in [1.82, 2.24) is 0 Å². The normalized spacial score (nSPS) is 22.3. The summed E-state index contributed by atoms with van der Waals surface area (Å²) in [7, 11) is 0. The van der Waals surface area contributed by atoms with E-state index in [1.54, 1.807) is 0 Å². The molecule has 0 N–H and O–H groups in total. The maximum atomic E-state index is 12.0. The minimum atomic E-state index is 0.0401. The molecule has 0 heterocycles. The van der Waals surface area contributed by atoms with Gasteiger partial charge in [-0.3, -0.25) is 4.79 Å². The third-order valence-electron chi connectivity index (χ3n) is 4.20. The van der Waals surface area contributed by atoms with E-state index in [4.69, 9.17) is 0 Å². The van der Waals surface area contributed by atoms with E-state index >= 15 is 0 Å². The minimum Gasteiger partial charge on any atom is -0.294 e. The quantitative estimate of drug-likeness (QED) is 0.628. The van der Waals surface area contributed by atoms with E-state index < -0.39 is 0 Å². The second-order valence-electron chi connectivity index (χ2n) is 5.65. The molecule has 0 saturated heterocycles. The number of rotatable bonds is 0. The number of hydrogen-bond donors (Lipinski definition) is 0. The molecular weight excluding hydrogens is 184 g/mol. The number of fused-ring (bicyclic) bond motifs is 1. The van der Waals surface area contributed by atoms with Crippen molar-refractivity contribution >= 4 is 5.78 Å². The Morgan fingerprint density at radius 2 is 1.67 bits per heavy atom. The van der Waals surface area contributed by atoms with Crippen molar-refractivity contribution in [3.8, 4) is 0 Å². The third kappa shape index (κ3) is 1.33. The topological polar surface area (TPSA) is 17.1 Å². The van der Waals surface area contributed by atoms with Gasteiger partial charge in [-0.05, 0) is 16.4 Å². The lowest BCUT2D eigenvalue weighted by molar-refractivity contribution is 0.0813. The number of carbonyl (C=O) groups excluding carboxylic acids is 1. The maximum Gasteiger partial charge on any atom is 0.163 e. The van der Waals surface area contributed by atoms with Gasteiger partial charge in [-0.1, -0.05) is 52.0 Å². The second kappa shape index (κ2) is 2.94. The molecule has 0 bridgehead atoms. The van der Waals surface area contributed by atoms with Gasteiger partial charge in [0.05, 0.1) is 0 Å². The molecule has 0 fully saturated rings. The van der Waals surface area contributed by atoms with E-state index in [2.05, 4.69) is 33.8 Å². The van der Waals surface area contributed by atoms with Crippen LogP contribution in [0.25, 0.3) is 0 Å². The smallest absolute Gasteiger partial charge is 0.163 e. The molecule has 1 aliphatic rings. The van der Waals surface area contributed by atoms with Crippen LogP contribution in [0.2, 0.25) is 0 Å². The first-order valence-corrected chi connectivity index (χ1v) is 5.49. The van der Waals surface area contributed by atoms with Crippen molar-refractivity contribution in [2.45, 2.75) is 39.5 Å². The molecule has 1 nitrogen and oxygen atoms in total. The fourth-order valence-corrected chi connectivity index (χ4v) is 2.35. The van der Waals surface area contributed by atoms with Gasteiger partial charge in [0.2, 0.25) is 0 Å². The van der Waals surface area contributed by atoms with E-state index in [0.717, 1.165) is 5.56 Å². The minimum absolute atomic E-state index is 0.0401. The van der Waals surface area contributed by atoms with Crippen LogP contribution < -0.4 is 0 Å². The summed E-state index contributed by atoms with van der Waals surface area (Å²) in [6.45, 7) is 8.83. The molecule has 0 aromatic heterocycles. The molecule has 15 heavy (non-hydrogen) atoms. The highest BCUT2D eigenvalue weighted by Gasteiger charge is 2.45. The van der Waals surface area contributed by atoms with Gasteiger partial charge in [0.1, 0.15) is 0 Å². The van der Waals surface area contributed by atoms with E-state index in [0.29, 0.717) is 6.42 Å². The van der Waals surface area contributed by atoms with Gasteiger partial charge in [0.25, 0.3) is 0 Å². The van der Waals surface area contributed by atoms with Gasteiger partial charge >= 0.3 is 0 Å². The molecule has 1 aromatic rings. The summed E-state index contributed by atoms with van der Waals surface area (Å²) in [6, 6.07) is 8.02. The van der Waals surface area contributed by atoms with Crippen molar-refractivity contribution in [3.63, 3.8) is 0 Å². The number of hydrogen-bond acceptors (Lipinski definition) is 1. The molecule has 2 rings (SSSR count). The van der Waals surface area contributed by atoms with E-state index in [-0.39, 0.29) is 16.6 Å². The van der Waals surface area contributed by atoms with Gasteiger partial charge in [-0.15, -0.1) is 0 Å². The Labute approximate surface area is 91.5 Å². The summed E-state index contributed by atoms with van der Waals surface area (Å²) >= 11 is 0. The Bertz CT molecular complexity index is 413. The fourth-order valence-electron chi connectivity index (χ4n) is 2.35. The molecule has 1 aliphatic carbocycles. The second-order valence-corrected chi connectivity index (χ2v) is 5.65. The standard InChI is InChI=1S/C14H18O/c1-13(2)9-12(15)10-7-5-6-8-11(10)14(13,3)4/h5-8H,9H2,1-4H3. The van der Waals surface area contributed by atoms with Crippen LogP contribution in [-0.2, 0) is 5.41 Å². The maximum absolute atomic E-state index is 12.0. The average molecular weight is 202 g/mol. The van der Waals surface area contributed by atoms with Crippen molar-refractivity contribution in [2.24, 2.45) is 5.41 Å². The van der Waals surface area contributed by atoms with Crippen LogP contribution in [0.5, 0.6) is 0 Å². The predicted octanol–water partition coefficient (Wildman–Crippen LogP) is 3.58. The molecule has 0 aliphatic heterocycles. The van der Waals surface area contributed by atoms with Gasteiger partial charge in [0.15, 0.2) is 5.78 Å².